The first kappa shape index (κ1) is 12.8. The topological polar surface area (TPSA) is 50.4 Å². The van der Waals surface area contributed by atoms with Crippen LogP contribution in [0.3, 0.4) is 0 Å². The second kappa shape index (κ2) is 5.82. The van der Waals surface area contributed by atoms with Gasteiger partial charge in [0.05, 0.1) is 18.4 Å². The molecule has 0 spiro atoms. The molecule has 1 unspecified atom stereocenters. The zero-order chi connectivity index (χ0) is 13.0. The zero-order valence-corrected chi connectivity index (χ0v) is 10.3. The standard InChI is InChI=1S/C13H17FN2O2/c1-18-13(17)11-5-4-9(14)7-12(11)16-8-10-3-2-6-15-10/h4-5,7,10,15-16H,2-3,6,8H2,1H3. The van der Waals surface area contributed by atoms with Crippen LogP contribution >= 0.6 is 0 Å². The molecule has 0 amide bonds. The summed E-state index contributed by atoms with van der Waals surface area (Å²) in [6.07, 6.45) is 2.25. The van der Waals surface area contributed by atoms with E-state index in [0.29, 0.717) is 23.8 Å². The van der Waals surface area contributed by atoms with Gasteiger partial charge in [0.15, 0.2) is 0 Å². The predicted octanol–water partition coefficient (Wildman–Crippen LogP) is 1.78. The molecule has 0 aliphatic carbocycles. The Morgan fingerprint density at radius 1 is 1.61 bits per heavy atom. The molecular weight excluding hydrogens is 235 g/mol. The van der Waals surface area contributed by atoms with Gasteiger partial charge >= 0.3 is 5.97 Å². The molecule has 1 aromatic carbocycles. The molecule has 2 N–H and O–H groups in total. The maximum Gasteiger partial charge on any atom is 0.339 e. The minimum absolute atomic E-state index is 0.358. The number of benzene rings is 1. The minimum Gasteiger partial charge on any atom is -0.465 e. The number of carbonyl (C=O) groups excluding carboxylic acids is 1. The number of carbonyl (C=O) groups is 1. The quantitative estimate of drug-likeness (QED) is 0.802. The number of hydrogen-bond donors (Lipinski definition) is 2. The molecule has 1 aliphatic rings. The van der Waals surface area contributed by atoms with Gasteiger partial charge in [0.2, 0.25) is 0 Å². The summed E-state index contributed by atoms with van der Waals surface area (Å²) in [6, 6.07) is 4.39. The molecule has 2 rings (SSSR count). The third-order valence-electron chi connectivity index (χ3n) is 3.09. The van der Waals surface area contributed by atoms with E-state index in [1.165, 1.54) is 25.3 Å². The van der Waals surface area contributed by atoms with E-state index < -0.39 is 5.97 Å². The molecule has 0 radical (unpaired) electrons. The highest BCUT2D eigenvalue weighted by molar-refractivity contribution is 5.95. The Balaban J connectivity index is 2.08. The van der Waals surface area contributed by atoms with E-state index in [1.807, 2.05) is 0 Å². The minimum atomic E-state index is -0.461. The van der Waals surface area contributed by atoms with Gasteiger partial charge in [-0.15, -0.1) is 0 Å². The van der Waals surface area contributed by atoms with Crippen LogP contribution in [0.15, 0.2) is 18.2 Å². The van der Waals surface area contributed by atoms with E-state index in [9.17, 15) is 9.18 Å². The molecule has 1 atom stereocenters. The third-order valence-corrected chi connectivity index (χ3v) is 3.09. The lowest BCUT2D eigenvalue weighted by atomic mass is 10.1. The second-order valence-corrected chi connectivity index (χ2v) is 4.36. The van der Waals surface area contributed by atoms with E-state index >= 15 is 0 Å². The molecular formula is C13H17FN2O2. The third kappa shape index (κ3) is 2.98. The van der Waals surface area contributed by atoms with Gasteiger partial charge in [0.1, 0.15) is 5.82 Å². The van der Waals surface area contributed by atoms with Gasteiger partial charge in [-0.3, -0.25) is 0 Å². The van der Waals surface area contributed by atoms with Crippen LogP contribution in [-0.2, 0) is 4.74 Å². The Hall–Kier alpha value is -1.62. The van der Waals surface area contributed by atoms with Crippen molar-refractivity contribution in [1.29, 1.82) is 0 Å². The maximum absolute atomic E-state index is 13.2. The van der Waals surface area contributed by atoms with Gasteiger partial charge in [-0.25, -0.2) is 9.18 Å². The fraction of sp³-hybridized carbons (Fsp3) is 0.462. The first-order valence-electron chi connectivity index (χ1n) is 6.06. The van der Waals surface area contributed by atoms with E-state index in [4.69, 9.17) is 0 Å². The van der Waals surface area contributed by atoms with E-state index in [2.05, 4.69) is 15.4 Å². The Labute approximate surface area is 106 Å². The normalized spacial score (nSPS) is 18.7. The Morgan fingerprint density at radius 3 is 3.11 bits per heavy atom. The molecule has 0 saturated carbocycles. The first-order valence-corrected chi connectivity index (χ1v) is 6.06. The summed E-state index contributed by atoms with van der Waals surface area (Å²) in [7, 11) is 1.31. The zero-order valence-electron chi connectivity index (χ0n) is 10.3. The number of ether oxygens (including phenoxy) is 1. The number of methoxy groups -OCH3 is 1. The molecule has 0 bridgehead atoms. The number of rotatable bonds is 4. The summed E-state index contributed by atoms with van der Waals surface area (Å²) in [5.41, 5.74) is 0.840. The molecule has 4 nitrogen and oxygen atoms in total. The Morgan fingerprint density at radius 2 is 2.44 bits per heavy atom. The molecule has 5 heteroatoms. The van der Waals surface area contributed by atoms with Crippen LogP contribution in [0.1, 0.15) is 23.2 Å². The van der Waals surface area contributed by atoms with Crippen molar-refractivity contribution in [1.82, 2.24) is 5.32 Å². The smallest absolute Gasteiger partial charge is 0.339 e. The van der Waals surface area contributed by atoms with Crippen molar-refractivity contribution < 1.29 is 13.9 Å². The van der Waals surface area contributed by atoms with Crippen LogP contribution in [0.4, 0.5) is 10.1 Å². The van der Waals surface area contributed by atoms with Gasteiger partial charge in [0.25, 0.3) is 0 Å². The number of nitrogens with one attached hydrogen (secondary N) is 2. The van der Waals surface area contributed by atoms with Crippen molar-refractivity contribution in [2.24, 2.45) is 0 Å². The largest absolute Gasteiger partial charge is 0.465 e. The lowest BCUT2D eigenvalue weighted by Crippen LogP contribution is -2.29. The lowest BCUT2D eigenvalue weighted by Gasteiger charge is -2.15. The molecule has 1 aromatic rings. The van der Waals surface area contributed by atoms with Crippen molar-refractivity contribution in [3.05, 3.63) is 29.6 Å². The molecule has 1 saturated heterocycles. The monoisotopic (exact) mass is 252 g/mol. The SMILES string of the molecule is COC(=O)c1ccc(F)cc1NCC1CCCN1. The molecule has 98 valence electrons. The predicted molar refractivity (Wildman–Crippen MR) is 67.3 cm³/mol. The Bertz CT molecular complexity index is 431. The summed E-state index contributed by atoms with van der Waals surface area (Å²) < 4.78 is 17.9. The van der Waals surface area contributed by atoms with Gasteiger partial charge in [-0.1, -0.05) is 0 Å². The fourth-order valence-corrected chi connectivity index (χ4v) is 2.11. The van der Waals surface area contributed by atoms with Crippen molar-refractivity contribution >= 4 is 11.7 Å². The van der Waals surface area contributed by atoms with Gasteiger partial charge in [0, 0.05) is 12.6 Å². The number of esters is 1. The number of anilines is 1. The van der Waals surface area contributed by atoms with Crippen molar-refractivity contribution in [2.45, 2.75) is 18.9 Å². The summed E-state index contributed by atoms with van der Waals surface area (Å²) >= 11 is 0. The van der Waals surface area contributed by atoms with Crippen LogP contribution in [0.5, 0.6) is 0 Å². The lowest BCUT2D eigenvalue weighted by molar-refractivity contribution is 0.0602. The van der Waals surface area contributed by atoms with Crippen LogP contribution in [0.25, 0.3) is 0 Å². The maximum atomic E-state index is 13.2. The highest BCUT2D eigenvalue weighted by Gasteiger charge is 2.16. The summed E-state index contributed by atoms with van der Waals surface area (Å²) in [4.78, 5) is 11.5. The van der Waals surface area contributed by atoms with E-state index in [0.717, 1.165) is 19.4 Å². The van der Waals surface area contributed by atoms with Crippen LogP contribution < -0.4 is 10.6 Å². The average molecular weight is 252 g/mol. The molecule has 1 aliphatic heterocycles. The summed E-state index contributed by atoms with van der Waals surface area (Å²) in [5.74, 6) is -0.832. The molecule has 1 heterocycles. The van der Waals surface area contributed by atoms with E-state index in [1.54, 1.807) is 0 Å². The average Bonchev–Trinajstić information content (AvgIpc) is 2.88. The fourth-order valence-electron chi connectivity index (χ4n) is 2.11. The number of halogens is 1. The highest BCUT2D eigenvalue weighted by atomic mass is 19.1. The Kier molecular flexibility index (Phi) is 4.15. The van der Waals surface area contributed by atoms with Gasteiger partial charge < -0.3 is 15.4 Å². The van der Waals surface area contributed by atoms with Crippen LogP contribution in [0, 0.1) is 5.82 Å². The van der Waals surface area contributed by atoms with Crippen molar-refractivity contribution in [3.8, 4) is 0 Å². The second-order valence-electron chi connectivity index (χ2n) is 4.36. The highest BCUT2D eigenvalue weighted by Crippen LogP contribution is 2.19. The molecule has 0 aromatic heterocycles. The summed E-state index contributed by atoms with van der Waals surface area (Å²) in [5, 5.41) is 6.44. The first-order chi connectivity index (χ1) is 8.70. The molecule has 1 fully saturated rings. The van der Waals surface area contributed by atoms with Crippen molar-refractivity contribution in [2.75, 3.05) is 25.5 Å². The van der Waals surface area contributed by atoms with Crippen LogP contribution in [0.2, 0.25) is 0 Å². The van der Waals surface area contributed by atoms with Gasteiger partial charge in [-0.05, 0) is 37.6 Å². The van der Waals surface area contributed by atoms with Gasteiger partial charge in [-0.2, -0.15) is 0 Å². The van der Waals surface area contributed by atoms with Crippen molar-refractivity contribution in [3.63, 3.8) is 0 Å². The number of hydrogen-bond acceptors (Lipinski definition) is 4. The molecule has 18 heavy (non-hydrogen) atoms. The van der Waals surface area contributed by atoms with Crippen LogP contribution in [-0.4, -0.2) is 32.2 Å². The summed E-state index contributed by atoms with van der Waals surface area (Å²) in [6.45, 7) is 1.69. The van der Waals surface area contributed by atoms with E-state index in [-0.39, 0.29) is 5.82 Å².